The van der Waals surface area contributed by atoms with Crippen LogP contribution in [0.5, 0.6) is 11.5 Å². The minimum atomic E-state index is -0.769. The maximum atomic E-state index is 12.3. The monoisotopic (exact) mass is 377 g/mol. The van der Waals surface area contributed by atoms with Gasteiger partial charge in [0, 0.05) is 18.3 Å². The number of unbranched alkanes of at least 4 members (excludes halogenated alkanes) is 1. The first-order valence-electron chi connectivity index (χ1n) is 8.71. The Balaban J connectivity index is 1.79. The van der Waals surface area contributed by atoms with E-state index in [1.807, 2.05) is 0 Å². The summed E-state index contributed by atoms with van der Waals surface area (Å²) in [6, 6.07) is 9.45. The Morgan fingerprint density at radius 1 is 1.19 bits per heavy atom. The van der Waals surface area contributed by atoms with Crippen LogP contribution >= 0.6 is 11.3 Å². The van der Waals surface area contributed by atoms with Gasteiger partial charge >= 0.3 is 0 Å². The van der Waals surface area contributed by atoms with E-state index in [-0.39, 0.29) is 12.5 Å². The van der Waals surface area contributed by atoms with E-state index in [0.717, 1.165) is 19.3 Å². The summed E-state index contributed by atoms with van der Waals surface area (Å²) in [5.74, 6) is 1.22. The number of carbonyl (C=O) groups is 1. The third-order valence-corrected chi connectivity index (χ3v) is 5.25. The van der Waals surface area contributed by atoms with Crippen molar-refractivity contribution in [2.45, 2.75) is 31.8 Å². The van der Waals surface area contributed by atoms with E-state index in [2.05, 4.69) is 17.5 Å². The predicted octanol–water partition coefficient (Wildman–Crippen LogP) is 3.67. The summed E-state index contributed by atoms with van der Waals surface area (Å²) in [5, 5.41) is 12.5. The molecule has 1 amide bonds. The fourth-order valence-corrected chi connectivity index (χ4v) is 3.50. The van der Waals surface area contributed by atoms with Gasteiger partial charge in [-0.25, -0.2) is 0 Å². The lowest BCUT2D eigenvalue weighted by molar-refractivity contribution is -0.131. The number of amides is 1. The molecule has 26 heavy (non-hydrogen) atoms. The number of aliphatic hydroxyl groups excluding tert-OH is 1. The molecule has 0 aliphatic carbocycles. The van der Waals surface area contributed by atoms with Gasteiger partial charge in [-0.15, -0.1) is 11.3 Å². The van der Waals surface area contributed by atoms with Crippen molar-refractivity contribution in [3.05, 3.63) is 46.2 Å². The lowest BCUT2D eigenvalue weighted by Gasteiger charge is -2.22. The molecule has 0 saturated heterocycles. The molecule has 142 valence electrons. The number of rotatable bonds is 10. The van der Waals surface area contributed by atoms with Crippen molar-refractivity contribution in [3.8, 4) is 11.5 Å². The van der Waals surface area contributed by atoms with E-state index >= 15 is 0 Å². The number of likely N-dealkylation sites (N-methyl/N-ethyl adjacent to an activating group) is 1. The molecular weight excluding hydrogens is 350 g/mol. The molecule has 0 aliphatic heterocycles. The normalized spacial score (nSPS) is 11.8. The standard InChI is InChI=1S/C20H27NO4S/c1-21(20(23)9-5-4-7-16-8-6-12-26-16)14-17(22)15-10-11-18(24-2)19(13-15)25-3/h6,8,10-13,17,22H,4-5,7,9,14H2,1-3H3. The number of carbonyl (C=O) groups excluding carboxylic acids is 1. The molecule has 6 heteroatoms. The largest absolute Gasteiger partial charge is 0.493 e. The second-order valence-electron chi connectivity index (χ2n) is 6.19. The number of aryl methyl sites for hydroxylation is 1. The molecule has 0 aliphatic rings. The maximum absolute atomic E-state index is 12.3. The number of benzene rings is 1. The van der Waals surface area contributed by atoms with Crippen molar-refractivity contribution >= 4 is 17.2 Å². The molecule has 2 rings (SSSR count). The van der Waals surface area contributed by atoms with Crippen LogP contribution in [0.15, 0.2) is 35.7 Å². The first-order chi connectivity index (χ1) is 12.5. The van der Waals surface area contributed by atoms with Gasteiger partial charge in [-0.3, -0.25) is 4.79 Å². The van der Waals surface area contributed by atoms with Crippen molar-refractivity contribution in [2.75, 3.05) is 27.8 Å². The Labute approximate surface area is 159 Å². The summed E-state index contributed by atoms with van der Waals surface area (Å²) >= 11 is 1.75. The molecule has 0 fully saturated rings. The zero-order chi connectivity index (χ0) is 18.9. The number of hydrogen-bond acceptors (Lipinski definition) is 5. The first kappa shape index (κ1) is 20.3. The molecule has 1 atom stereocenters. The highest BCUT2D eigenvalue weighted by atomic mass is 32.1. The Bertz CT molecular complexity index is 687. The average Bonchev–Trinajstić information content (AvgIpc) is 3.17. The van der Waals surface area contributed by atoms with Crippen LogP contribution in [-0.4, -0.2) is 43.7 Å². The van der Waals surface area contributed by atoms with Gasteiger partial charge in [-0.1, -0.05) is 12.1 Å². The highest BCUT2D eigenvalue weighted by molar-refractivity contribution is 7.09. The molecule has 1 N–H and O–H groups in total. The number of aliphatic hydroxyl groups is 1. The molecule has 0 bridgehead atoms. The lowest BCUT2D eigenvalue weighted by Crippen LogP contribution is -2.30. The van der Waals surface area contributed by atoms with E-state index in [4.69, 9.17) is 9.47 Å². The summed E-state index contributed by atoms with van der Waals surface area (Å²) in [5.41, 5.74) is 0.694. The Morgan fingerprint density at radius 3 is 2.62 bits per heavy atom. The summed E-state index contributed by atoms with van der Waals surface area (Å²) in [7, 11) is 4.85. The smallest absolute Gasteiger partial charge is 0.222 e. The quantitative estimate of drug-likeness (QED) is 0.642. The van der Waals surface area contributed by atoms with Crippen LogP contribution in [0.25, 0.3) is 0 Å². The molecule has 2 aromatic rings. The number of nitrogens with zero attached hydrogens (tertiary/aromatic N) is 1. The van der Waals surface area contributed by atoms with Crippen LogP contribution in [0, 0.1) is 0 Å². The van der Waals surface area contributed by atoms with E-state index in [0.29, 0.717) is 23.5 Å². The highest BCUT2D eigenvalue weighted by Gasteiger charge is 2.17. The van der Waals surface area contributed by atoms with Crippen molar-refractivity contribution < 1.29 is 19.4 Å². The van der Waals surface area contributed by atoms with Crippen molar-refractivity contribution in [1.29, 1.82) is 0 Å². The van der Waals surface area contributed by atoms with E-state index in [1.54, 1.807) is 55.7 Å². The van der Waals surface area contributed by atoms with Gasteiger partial charge in [-0.05, 0) is 48.4 Å². The van der Waals surface area contributed by atoms with Crippen molar-refractivity contribution in [1.82, 2.24) is 4.90 Å². The van der Waals surface area contributed by atoms with Gasteiger partial charge in [0.05, 0.1) is 26.9 Å². The van der Waals surface area contributed by atoms with Crippen LogP contribution in [0.4, 0.5) is 0 Å². The number of methoxy groups -OCH3 is 2. The maximum Gasteiger partial charge on any atom is 0.222 e. The number of hydrogen-bond donors (Lipinski definition) is 1. The van der Waals surface area contributed by atoms with E-state index in [9.17, 15) is 9.90 Å². The van der Waals surface area contributed by atoms with Crippen LogP contribution in [0.1, 0.15) is 35.8 Å². The number of thiophene rings is 1. The molecular formula is C20H27NO4S. The van der Waals surface area contributed by atoms with Gasteiger partial charge in [0.2, 0.25) is 5.91 Å². The zero-order valence-electron chi connectivity index (χ0n) is 15.6. The van der Waals surface area contributed by atoms with Gasteiger partial charge in [0.15, 0.2) is 11.5 Å². The molecule has 0 spiro atoms. The van der Waals surface area contributed by atoms with Crippen LogP contribution in [0.3, 0.4) is 0 Å². The summed E-state index contributed by atoms with van der Waals surface area (Å²) < 4.78 is 10.5. The van der Waals surface area contributed by atoms with Gasteiger partial charge in [0.25, 0.3) is 0 Å². The number of ether oxygens (including phenoxy) is 2. The Hall–Kier alpha value is -2.05. The fourth-order valence-electron chi connectivity index (χ4n) is 2.75. The highest BCUT2D eigenvalue weighted by Crippen LogP contribution is 2.30. The van der Waals surface area contributed by atoms with Crippen LogP contribution in [0.2, 0.25) is 0 Å². The topological polar surface area (TPSA) is 59.0 Å². The van der Waals surface area contributed by atoms with E-state index in [1.165, 1.54) is 4.88 Å². The summed E-state index contributed by atoms with van der Waals surface area (Å²) in [4.78, 5) is 15.2. The summed E-state index contributed by atoms with van der Waals surface area (Å²) in [6.45, 7) is 0.249. The van der Waals surface area contributed by atoms with Crippen molar-refractivity contribution in [3.63, 3.8) is 0 Å². The van der Waals surface area contributed by atoms with Crippen molar-refractivity contribution in [2.24, 2.45) is 0 Å². The molecule has 1 aromatic heterocycles. The van der Waals surface area contributed by atoms with E-state index < -0.39 is 6.10 Å². The average molecular weight is 378 g/mol. The molecule has 1 heterocycles. The van der Waals surface area contributed by atoms with Gasteiger partial charge < -0.3 is 19.5 Å². The second kappa shape index (κ2) is 10.2. The third-order valence-electron chi connectivity index (χ3n) is 4.31. The Kier molecular flexibility index (Phi) is 7.94. The molecule has 0 saturated carbocycles. The summed E-state index contributed by atoms with van der Waals surface area (Å²) in [6.07, 6.45) is 2.60. The van der Waals surface area contributed by atoms with Gasteiger partial charge in [-0.2, -0.15) is 0 Å². The third kappa shape index (κ3) is 5.75. The zero-order valence-corrected chi connectivity index (χ0v) is 16.4. The lowest BCUT2D eigenvalue weighted by atomic mass is 10.1. The minimum Gasteiger partial charge on any atom is -0.493 e. The van der Waals surface area contributed by atoms with Crippen LogP contribution in [-0.2, 0) is 11.2 Å². The van der Waals surface area contributed by atoms with Gasteiger partial charge in [0.1, 0.15) is 0 Å². The molecule has 5 nitrogen and oxygen atoms in total. The predicted molar refractivity (Wildman–Crippen MR) is 104 cm³/mol. The van der Waals surface area contributed by atoms with Crippen LogP contribution < -0.4 is 9.47 Å². The second-order valence-corrected chi connectivity index (χ2v) is 7.22. The Morgan fingerprint density at radius 2 is 1.96 bits per heavy atom. The molecule has 1 aromatic carbocycles. The SMILES string of the molecule is COc1ccc(C(O)CN(C)C(=O)CCCCc2cccs2)cc1OC. The first-order valence-corrected chi connectivity index (χ1v) is 9.59. The minimum absolute atomic E-state index is 0.0516. The molecule has 1 unspecified atom stereocenters. The molecule has 0 radical (unpaired) electrons. The fraction of sp³-hybridized carbons (Fsp3) is 0.450.